The van der Waals surface area contributed by atoms with Gasteiger partial charge in [0.1, 0.15) is 0 Å². The molecule has 1 nitrogen and oxygen atoms in total. The number of hydrogen-bond donors (Lipinski definition) is 0. The summed E-state index contributed by atoms with van der Waals surface area (Å²) in [4.78, 5) is 4.44. The Morgan fingerprint density at radius 3 is 2.22 bits per heavy atom. The molecule has 0 amide bonds. The first-order valence-corrected chi connectivity index (χ1v) is 6.37. The van der Waals surface area contributed by atoms with Crippen LogP contribution in [0.25, 0.3) is 0 Å². The number of rotatable bonds is 2. The van der Waals surface area contributed by atoms with E-state index in [1.807, 2.05) is 18.2 Å². The van der Waals surface area contributed by atoms with E-state index in [9.17, 15) is 0 Å². The minimum absolute atomic E-state index is 0.607. The first-order valence-electron chi connectivity index (χ1n) is 5.62. The van der Waals surface area contributed by atoms with E-state index in [-0.39, 0.29) is 0 Å². The molecule has 0 unspecified atom stereocenters. The quantitative estimate of drug-likeness (QED) is 0.655. The maximum atomic E-state index is 6.08. The molecule has 0 spiro atoms. The van der Waals surface area contributed by atoms with Crippen molar-refractivity contribution in [3.8, 4) is 0 Å². The number of aliphatic imine (C=N–C) groups is 1. The van der Waals surface area contributed by atoms with Gasteiger partial charge in [-0.05, 0) is 49.2 Å². The lowest BCUT2D eigenvalue weighted by Gasteiger charge is -2.01. The highest BCUT2D eigenvalue weighted by atomic mass is 35.5. The zero-order chi connectivity index (χ0) is 13.1. The molecule has 0 aromatic heterocycles. The fourth-order valence-electron chi connectivity index (χ4n) is 1.78. The molecule has 0 N–H and O–H groups in total. The van der Waals surface area contributed by atoms with E-state index in [0.717, 1.165) is 11.3 Å². The molecule has 0 aliphatic carbocycles. The Labute approximate surface area is 117 Å². The molecule has 0 aliphatic rings. The zero-order valence-electron chi connectivity index (χ0n) is 10.2. The Balaban J connectivity index is 2.29. The van der Waals surface area contributed by atoms with Crippen molar-refractivity contribution in [3.63, 3.8) is 0 Å². The van der Waals surface area contributed by atoms with Crippen molar-refractivity contribution in [2.75, 3.05) is 0 Å². The maximum absolute atomic E-state index is 6.08. The highest BCUT2D eigenvalue weighted by Gasteiger charge is 1.98. The first-order chi connectivity index (χ1) is 8.54. The lowest BCUT2D eigenvalue weighted by molar-refractivity contribution is 1.36. The van der Waals surface area contributed by atoms with Crippen LogP contribution in [0.5, 0.6) is 0 Å². The molecule has 0 saturated heterocycles. The minimum Gasteiger partial charge on any atom is -0.256 e. The lowest BCUT2D eigenvalue weighted by atomic mass is 10.1. The Kier molecular flexibility index (Phi) is 4.05. The monoisotopic (exact) mass is 277 g/mol. The SMILES string of the molecule is Cc1cc(C)cc(N=Cc2ccc(Cl)cc2Cl)c1. The van der Waals surface area contributed by atoms with Crippen LogP contribution in [0.4, 0.5) is 5.69 Å². The molecule has 0 aliphatic heterocycles. The highest BCUT2D eigenvalue weighted by molar-refractivity contribution is 6.36. The van der Waals surface area contributed by atoms with Crippen LogP contribution in [0.3, 0.4) is 0 Å². The number of nitrogens with zero attached hydrogens (tertiary/aromatic N) is 1. The maximum Gasteiger partial charge on any atom is 0.0635 e. The van der Waals surface area contributed by atoms with Gasteiger partial charge in [0.25, 0.3) is 0 Å². The molecule has 2 rings (SSSR count). The highest BCUT2D eigenvalue weighted by Crippen LogP contribution is 2.21. The van der Waals surface area contributed by atoms with E-state index in [0.29, 0.717) is 10.0 Å². The largest absolute Gasteiger partial charge is 0.256 e. The zero-order valence-corrected chi connectivity index (χ0v) is 11.8. The van der Waals surface area contributed by atoms with Gasteiger partial charge < -0.3 is 0 Å². The van der Waals surface area contributed by atoms with Crippen LogP contribution in [0.1, 0.15) is 16.7 Å². The number of benzene rings is 2. The second kappa shape index (κ2) is 5.55. The van der Waals surface area contributed by atoms with Crippen LogP contribution in [-0.2, 0) is 0 Å². The van der Waals surface area contributed by atoms with Crippen LogP contribution in [0.2, 0.25) is 10.0 Å². The lowest BCUT2D eigenvalue weighted by Crippen LogP contribution is -1.83. The predicted molar refractivity (Wildman–Crippen MR) is 79.6 cm³/mol. The first kappa shape index (κ1) is 13.1. The van der Waals surface area contributed by atoms with E-state index < -0.39 is 0 Å². The summed E-state index contributed by atoms with van der Waals surface area (Å²) in [5.41, 5.74) is 4.19. The molecule has 2 aromatic carbocycles. The van der Waals surface area contributed by atoms with Gasteiger partial charge in [-0.1, -0.05) is 35.3 Å². The van der Waals surface area contributed by atoms with Crippen molar-refractivity contribution in [1.29, 1.82) is 0 Å². The molecule has 0 bridgehead atoms. The van der Waals surface area contributed by atoms with Crippen LogP contribution in [0, 0.1) is 13.8 Å². The molecule has 3 heteroatoms. The summed E-state index contributed by atoms with van der Waals surface area (Å²) in [6, 6.07) is 11.6. The molecule has 0 radical (unpaired) electrons. The predicted octanol–water partition coefficient (Wildman–Crippen LogP) is 5.36. The minimum atomic E-state index is 0.607. The Bertz CT molecular complexity index is 583. The van der Waals surface area contributed by atoms with Crippen molar-refractivity contribution >= 4 is 35.1 Å². The normalized spacial score (nSPS) is 11.1. The van der Waals surface area contributed by atoms with Gasteiger partial charge in [0, 0.05) is 16.8 Å². The average Bonchev–Trinajstić information content (AvgIpc) is 2.26. The summed E-state index contributed by atoms with van der Waals surface area (Å²) in [5, 5.41) is 1.24. The van der Waals surface area contributed by atoms with Gasteiger partial charge in [-0.3, -0.25) is 4.99 Å². The molecule has 0 atom stereocenters. The second-order valence-electron chi connectivity index (χ2n) is 4.27. The van der Waals surface area contributed by atoms with E-state index in [4.69, 9.17) is 23.2 Å². The fraction of sp³-hybridized carbons (Fsp3) is 0.133. The summed E-state index contributed by atoms with van der Waals surface area (Å²) >= 11 is 11.9. The van der Waals surface area contributed by atoms with Gasteiger partial charge >= 0.3 is 0 Å². The Morgan fingerprint density at radius 2 is 1.61 bits per heavy atom. The average molecular weight is 278 g/mol. The van der Waals surface area contributed by atoms with Crippen molar-refractivity contribution in [1.82, 2.24) is 0 Å². The second-order valence-corrected chi connectivity index (χ2v) is 5.11. The number of aryl methyl sites for hydroxylation is 2. The van der Waals surface area contributed by atoms with Gasteiger partial charge in [0.2, 0.25) is 0 Å². The van der Waals surface area contributed by atoms with Crippen LogP contribution < -0.4 is 0 Å². The molecule has 0 fully saturated rings. The Hall–Kier alpha value is -1.31. The molecule has 0 heterocycles. The third kappa shape index (κ3) is 3.34. The molecular formula is C15H13Cl2N. The van der Waals surface area contributed by atoms with Crippen LogP contribution in [-0.4, -0.2) is 6.21 Å². The smallest absolute Gasteiger partial charge is 0.0635 e. The third-order valence-electron chi connectivity index (χ3n) is 2.52. The van der Waals surface area contributed by atoms with Gasteiger partial charge in [-0.25, -0.2) is 0 Å². The fourth-order valence-corrected chi connectivity index (χ4v) is 2.23. The summed E-state index contributed by atoms with van der Waals surface area (Å²) in [6.07, 6.45) is 1.76. The van der Waals surface area contributed by atoms with E-state index >= 15 is 0 Å². The Morgan fingerprint density at radius 1 is 0.944 bits per heavy atom. The standard InChI is InChI=1S/C15H13Cl2N/c1-10-5-11(2)7-14(6-10)18-9-12-3-4-13(16)8-15(12)17/h3-9H,1-2H3. The van der Waals surface area contributed by atoms with Crippen molar-refractivity contribution in [2.45, 2.75) is 13.8 Å². The summed E-state index contributed by atoms with van der Waals surface area (Å²) in [6.45, 7) is 4.11. The molecular weight excluding hydrogens is 265 g/mol. The molecule has 0 saturated carbocycles. The van der Waals surface area contributed by atoms with Gasteiger partial charge in [-0.2, -0.15) is 0 Å². The summed E-state index contributed by atoms with van der Waals surface area (Å²) in [5.74, 6) is 0. The number of halogens is 2. The molecule has 2 aromatic rings. The van der Waals surface area contributed by atoms with E-state index in [2.05, 4.69) is 24.9 Å². The van der Waals surface area contributed by atoms with Gasteiger partial charge in [-0.15, -0.1) is 0 Å². The molecule has 18 heavy (non-hydrogen) atoms. The van der Waals surface area contributed by atoms with E-state index in [1.54, 1.807) is 18.3 Å². The van der Waals surface area contributed by atoms with Gasteiger partial charge in [0.15, 0.2) is 0 Å². The van der Waals surface area contributed by atoms with Crippen molar-refractivity contribution < 1.29 is 0 Å². The topological polar surface area (TPSA) is 12.4 Å². The summed E-state index contributed by atoms with van der Waals surface area (Å²) in [7, 11) is 0. The van der Waals surface area contributed by atoms with Crippen molar-refractivity contribution in [3.05, 3.63) is 63.1 Å². The number of hydrogen-bond acceptors (Lipinski definition) is 1. The molecule has 92 valence electrons. The van der Waals surface area contributed by atoms with E-state index in [1.165, 1.54) is 11.1 Å². The van der Waals surface area contributed by atoms with Crippen LogP contribution >= 0.6 is 23.2 Å². The summed E-state index contributed by atoms with van der Waals surface area (Å²) < 4.78 is 0. The van der Waals surface area contributed by atoms with Crippen LogP contribution in [0.15, 0.2) is 41.4 Å². The third-order valence-corrected chi connectivity index (χ3v) is 3.08. The van der Waals surface area contributed by atoms with Gasteiger partial charge in [0.05, 0.1) is 10.7 Å². The van der Waals surface area contributed by atoms with Crippen molar-refractivity contribution in [2.24, 2.45) is 4.99 Å².